The molecule has 2 rings (SSSR count). The molecule has 0 unspecified atom stereocenters. The number of nitrogens with one attached hydrogen (secondary N) is 2. The van der Waals surface area contributed by atoms with E-state index in [1.165, 1.54) is 13.3 Å². The van der Waals surface area contributed by atoms with Crippen molar-refractivity contribution in [3.63, 3.8) is 0 Å². The molecule has 146 valence electrons. The van der Waals surface area contributed by atoms with Gasteiger partial charge in [0.1, 0.15) is 6.61 Å². The van der Waals surface area contributed by atoms with Crippen molar-refractivity contribution in [3.8, 4) is 11.5 Å². The summed E-state index contributed by atoms with van der Waals surface area (Å²) in [4.78, 5) is 23.9. The van der Waals surface area contributed by atoms with E-state index < -0.39 is 11.8 Å². The first-order chi connectivity index (χ1) is 13.4. The van der Waals surface area contributed by atoms with Crippen LogP contribution in [0.1, 0.15) is 16.7 Å². The number of anilines is 1. The molecule has 0 fully saturated rings. The normalized spacial score (nSPS) is 10.4. The summed E-state index contributed by atoms with van der Waals surface area (Å²) in [7, 11) is 1.52. The summed E-state index contributed by atoms with van der Waals surface area (Å²) < 4.78 is 10.7. The number of hydrazone groups is 1. The Labute approximate surface area is 164 Å². The summed E-state index contributed by atoms with van der Waals surface area (Å²) in [5.41, 5.74) is 5.40. The van der Waals surface area contributed by atoms with Gasteiger partial charge in [-0.2, -0.15) is 5.10 Å². The van der Waals surface area contributed by atoms with Gasteiger partial charge in [-0.15, -0.1) is 0 Å². The molecule has 0 bridgehead atoms. The van der Waals surface area contributed by atoms with Crippen molar-refractivity contribution in [1.29, 1.82) is 0 Å². The number of amides is 2. The predicted molar refractivity (Wildman–Crippen MR) is 109 cm³/mol. The van der Waals surface area contributed by atoms with E-state index in [1.807, 2.05) is 19.9 Å². The molecule has 0 radical (unpaired) electrons. The third kappa shape index (κ3) is 5.98. The molecule has 0 aromatic heterocycles. The van der Waals surface area contributed by atoms with E-state index in [2.05, 4.69) is 22.4 Å². The van der Waals surface area contributed by atoms with Gasteiger partial charge in [0.05, 0.1) is 13.3 Å². The van der Waals surface area contributed by atoms with Crippen molar-refractivity contribution in [3.05, 3.63) is 65.7 Å². The largest absolute Gasteiger partial charge is 0.493 e. The summed E-state index contributed by atoms with van der Waals surface area (Å²) in [6.45, 7) is 7.77. The highest BCUT2D eigenvalue weighted by Crippen LogP contribution is 2.27. The van der Waals surface area contributed by atoms with Gasteiger partial charge in [-0.05, 0) is 60.9 Å². The number of nitrogens with zero attached hydrogens (tertiary/aromatic N) is 1. The molecule has 0 saturated carbocycles. The van der Waals surface area contributed by atoms with Gasteiger partial charge < -0.3 is 14.8 Å². The van der Waals surface area contributed by atoms with Gasteiger partial charge in [-0.1, -0.05) is 18.7 Å². The fraction of sp³-hybridized carbons (Fsp3) is 0.190. The molecule has 0 heterocycles. The molecular weight excluding hydrogens is 358 g/mol. The maximum absolute atomic E-state index is 12.0. The quantitative estimate of drug-likeness (QED) is 0.334. The second-order valence-electron chi connectivity index (χ2n) is 6.04. The third-order valence-electron chi connectivity index (χ3n) is 3.61. The lowest BCUT2D eigenvalue weighted by atomic mass is 10.1. The highest BCUT2D eigenvalue weighted by Gasteiger charge is 2.13. The number of ether oxygens (including phenoxy) is 2. The summed E-state index contributed by atoms with van der Waals surface area (Å²) in [6.07, 6.45) is 3.04. The Morgan fingerprint density at radius 3 is 2.43 bits per heavy atom. The fourth-order valence-electron chi connectivity index (χ4n) is 2.48. The molecule has 7 nitrogen and oxygen atoms in total. The fourth-order valence-corrected chi connectivity index (χ4v) is 2.48. The Bertz CT molecular complexity index is 886. The zero-order valence-electron chi connectivity index (χ0n) is 16.1. The van der Waals surface area contributed by atoms with Crippen LogP contribution in [0.3, 0.4) is 0 Å². The zero-order chi connectivity index (χ0) is 20.5. The molecule has 2 amide bonds. The second kappa shape index (κ2) is 9.91. The van der Waals surface area contributed by atoms with Crippen LogP contribution in [0.5, 0.6) is 11.5 Å². The van der Waals surface area contributed by atoms with E-state index in [4.69, 9.17) is 9.47 Å². The number of rotatable bonds is 7. The average Bonchev–Trinajstić information content (AvgIpc) is 2.65. The Morgan fingerprint density at radius 1 is 1.07 bits per heavy atom. The molecule has 2 aromatic carbocycles. The molecule has 0 spiro atoms. The van der Waals surface area contributed by atoms with Crippen LogP contribution < -0.4 is 20.2 Å². The summed E-state index contributed by atoms with van der Waals surface area (Å²) in [6, 6.07) is 10.7. The molecule has 7 heteroatoms. The number of aryl methyl sites for hydroxylation is 2. The van der Waals surface area contributed by atoms with Gasteiger partial charge in [0.25, 0.3) is 0 Å². The van der Waals surface area contributed by atoms with E-state index in [1.54, 1.807) is 36.4 Å². The topological polar surface area (TPSA) is 89.0 Å². The van der Waals surface area contributed by atoms with E-state index in [0.29, 0.717) is 29.4 Å². The smallest absolute Gasteiger partial charge is 0.329 e. The van der Waals surface area contributed by atoms with Crippen molar-refractivity contribution in [2.24, 2.45) is 5.10 Å². The highest BCUT2D eigenvalue weighted by molar-refractivity contribution is 6.39. The van der Waals surface area contributed by atoms with E-state index in [9.17, 15) is 9.59 Å². The third-order valence-corrected chi connectivity index (χ3v) is 3.61. The lowest BCUT2D eigenvalue weighted by Crippen LogP contribution is -2.32. The molecule has 2 aromatic rings. The van der Waals surface area contributed by atoms with Crippen LogP contribution in [0.15, 0.2) is 54.2 Å². The first kappa shape index (κ1) is 20.7. The van der Waals surface area contributed by atoms with Crippen molar-refractivity contribution >= 4 is 23.7 Å². The Balaban J connectivity index is 1.96. The van der Waals surface area contributed by atoms with Gasteiger partial charge in [-0.3, -0.25) is 9.59 Å². The van der Waals surface area contributed by atoms with E-state index >= 15 is 0 Å². The lowest BCUT2D eigenvalue weighted by Gasteiger charge is -2.09. The number of carbonyl (C=O) groups excluding carboxylic acids is 2. The van der Waals surface area contributed by atoms with E-state index in [0.717, 1.165) is 11.1 Å². The SMILES string of the molecule is C=CCOc1ccc(/C=N\NC(=O)C(=O)Nc2cc(C)cc(C)c2)cc1OC. The minimum Gasteiger partial charge on any atom is -0.493 e. The molecule has 28 heavy (non-hydrogen) atoms. The summed E-state index contributed by atoms with van der Waals surface area (Å²) in [5.74, 6) is -0.581. The first-order valence-corrected chi connectivity index (χ1v) is 8.57. The molecule has 2 N–H and O–H groups in total. The van der Waals surface area contributed by atoms with Crippen LogP contribution in [0.2, 0.25) is 0 Å². The van der Waals surface area contributed by atoms with Crippen molar-refractivity contribution in [2.75, 3.05) is 19.0 Å². The Morgan fingerprint density at radius 2 is 1.79 bits per heavy atom. The van der Waals surface area contributed by atoms with Crippen LogP contribution in [-0.2, 0) is 9.59 Å². The number of hydrogen-bond donors (Lipinski definition) is 2. The Kier molecular flexibility index (Phi) is 7.33. The van der Waals surface area contributed by atoms with Crippen molar-refractivity contribution in [2.45, 2.75) is 13.8 Å². The standard InChI is InChI=1S/C21H23N3O4/c1-5-8-28-18-7-6-16(12-19(18)27-4)13-22-24-21(26)20(25)23-17-10-14(2)9-15(3)11-17/h5-7,9-13H,1,8H2,2-4H3,(H,23,25)(H,24,26)/b22-13-. The summed E-state index contributed by atoms with van der Waals surface area (Å²) in [5, 5.41) is 6.36. The van der Waals surface area contributed by atoms with Gasteiger partial charge >= 0.3 is 11.8 Å². The maximum Gasteiger partial charge on any atom is 0.329 e. The zero-order valence-corrected chi connectivity index (χ0v) is 16.1. The minimum absolute atomic E-state index is 0.357. The molecule has 0 atom stereocenters. The molecular formula is C21H23N3O4. The first-order valence-electron chi connectivity index (χ1n) is 8.57. The minimum atomic E-state index is -0.867. The highest BCUT2D eigenvalue weighted by atomic mass is 16.5. The van der Waals surface area contributed by atoms with Crippen LogP contribution in [0, 0.1) is 13.8 Å². The molecule has 0 aliphatic carbocycles. The molecule has 0 saturated heterocycles. The van der Waals surface area contributed by atoms with Crippen molar-refractivity contribution < 1.29 is 19.1 Å². The van der Waals surface area contributed by atoms with Gasteiger partial charge in [-0.25, -0.2) is 5.43 Å². The average molecular weight is 381 g/mol. The van der Waals surface area contributed by atoms with Crippen LogP contribution in [-0.4, -0.2) is 31.7 Å². The number of carbonyl (C=O) groups is 2. The molecule has 0 aliphatic rings. The number of hydrogen-bond acceptors (Lipinski definition) is 5. The van der Waals surface area contributed by atoms with E-state index in [-0.39, 0.29) is 0 Å². The number of methoxy groups -OCH3 is 1. The van der Waals surface area contributed by atoms with Gasteiger partial charge in [0.2, 0.25) is 0 Å². The van der Waals surface area contributed by atoms with Crippen LogP contribution in [0.25, 0.3) is 0 Å². The van der Waals surface area contributed by atoms with Crippen molar-refractivity contribution in [1.82, 2.24) is 5.43 Å². The monoisotopic (exact) mass is 381 g/mol. The number of benzene rings is 2. The Hall–Kier alpha value is -3.61. The maximum atomic E-state index is 12.0. The van der Waals surface area contributed by atoms with Gasteiger partial charge in [0, 0.05) is 5.69 Å². The summed E-state index contributed by atoms with van der Waals surface area (Å²) >= 11 is 0. The van der Waals surface area contributed by atoms with Gasteiger partial charge in [0.15, 0.2) is 11.5 Å². The molecule has 0 aliphatic heterocycles. The lowest BCUT2D eigenvalue weighted by molar-refractivity contribution is -0.136. The predicted octanol–water partition coefficient (Wildman–Crippen LogP) is 2.97. The van der Waals surface area contributed by atoms with Crippen LogP contribution in [0.4, 0.5) is 5.69 Å². The second-order valence-corrected chi connectivity index (χ2v) is 6.04. The van der Waals surface area contributed by atoms with Crippen LogP contribution >= 0.6 is 0 Å².